The summed E-state index contributed by atoms with van der Waals surface area (Å²) in [6.45, 7) is 0. The first kappa shape index (κ1) is 12.8. The second kappa shape index (κ2) is 4.74. The van der Waals surface area contributed by atoms with Gasteiger partial charge in [0, 0.05) is 19.8 Å². The van der Waals surface area contributed by atoms with Crippen LogP contribution < -0.4 is 4.90 Å². The van der Waals surface area contributed by atoms with Crippen molar-refractivity contribution >= 4 is 5.69 Å². The van der Waals surface area contributed by atoms with Gasteiger partial charge >= 0.3 is 6.18 Å². The van der Waals surface area contributed by atoms with Crippen molar-refractivity contribution in [2.45, 2.75) is 18.7 Å². The molecule has 0 aliphatic rings. The number of hydrogen-bond acceptors (Lipinski definition) is 2. The van der Waals surface area contributed by atoms with Crippen LogP contribution in [0.2, 0.25) is 0 Å². The molecule has 0 amide bonds. The number of aliphatic hydroxyl groups is 1. The van der Waals surface area contributed by atoms with E-state index in [1.807, 2.05) is 0 Å². The van der Waals surface area contributed by atoms with Gasteiger partial charge < -0.3 is 10.0 Å². The van der Waals surface area contributed by atoms with Crippen LogP contribution in [0.1, 0.15) is 18.1 Å². The van der Waals surface area contributed by atoms with Crippen molar-refractivity contribution in [3.8, 4) is 0 Å². The summed E-state index contributed by atoms with van der Waals surface area (Å²) >= 11 is 0. The zero-order valence-corrected chi connectivity index (χ0v) is 9.12. The number of hydrogen-bond donors (Lipinski definition) is 1. The third-order valence-corrected chi connectivity index (χ3v) is 2.20. The van der Waals surface area contributed by atoms with E-state index in [0.29, 0.717) is 0 Å². The molecule has 1 unspecified atom stereocenters. The van der Waals surface area contributed by atoms with Gasteiger partial charge in [0.25, 0.3) is 0 Å². The minimum Gasteiger partial charge on any atom is -0.388 e. The highest BCUT2D eigenvalue weighted by Crippen LogP contribution is 2.30. The highest BCUT2D eigenvalue weighted by molar-refractivity contribution is 5.47. The van der Waals surface area contributed by atoms with Crippen molar-refractivity contribution in [1.82, 2.24) is 0 Å². The van der Waals surface area contributed by atoms with Gasteiger partial charge in [-0.3, -0.25) is 0 Å². The Morgan fingerprint density at radius 1 is 1.31 bits per heavy atom. The van der Waals surface area contributed by atoms with Gasteiger partial charge in [-0.1, -0.05) is 12.1 Å². The van der Waals surface area contributed by atoms with E-state index in [4.69, 9.17) is 0 Å². The van der Waals surface area contributed by atoms with Crippen LogP contribution in [-0.2, 0) is 0 Å². The fourth-order valence-electron chi connectivity index (χ4n) is 1.35. The lowest BCUT2D eigenvalue weighted by Gasteiger charge is -2.17. The Bertz CT molecular complexity index is 349. The maximum atomic E-state index is 12.1. The molecule has 0 aromatic heterocycles. The van der Waals surface area contributed by atoms with E-state index in [1.165, 1.54) is 6.07 Å². The lowest BCUT2D eigenvalue weighted by Crippen LogP contribution is -2.14. The average molecular weight is 233 g/mol. The molecule has 0 heterocycles. The van der Waals surface area contributed by atoms with Crippen LogP contribution >= 0.6 is 0 Å². The number of aliphatic hydroxyl groups excluding tert-OH is 1. The van der Waals surface area contributed by atoms with E-state index in [1.54, 1.807) is 37.2 Å². The summed E-state index contributed by atoms with van der Waals surface area (Å²) < 4.78 is 36.2. The largest absolute Gasteiger partial charge is 0.391 e. The maximum absolute atomic E-state index is 12.1. The SMILES string of the molecule is CN(C)c1cccc(C(O)CC(F)(F)F)c1. The Labute approximate surface area is 92.3 Å². The van der Waals surface area contributed by atoms with Gasteiger partial charge in [-0.05, 0) is 17.7 Å². The summed E-state index contributed by atoms with van der Waals surface area (Å²) in [5.41, 5.74) is 1.04. The molecule has 0 saturated heterocycles. The van der Waals surface area contributed by atoms with E-state index in [2.05, 4.69) is 0 Å². The van der Waals surface area contributed by atoms with Gasteiger partial charge in [0.15, 0.2) is 0 Å². The maximum Gasteiger partial charge on any atom is 0.391 e. The zero-order valence-electron chi connectivity index (χ0n) is 9.12. The Kier molecular flexibility index (Phi) is 3.80. The summed E-state index contributed by atoms with van der Waals surface area (Å²) in [4.78, 5) is 1.77. The first-order valence-electron chi connectivity index (χ1n) is 4.82. The van der Waals surface area contributed by atoms with Crippen molar-refractivity contribution < 1.29 is 18.3 Å². The standard InChI is InChI=1S/C11H14F3NO/c1-15(2)9-5-3-4-8(6-9)10(16)7-11(12,13)14/h3-6,10,16H,7H2,1-2H3. The van der Waals surface area contributed by atoms with Crippen molar-refractivity contribution in [2.24, 2.45) is 0 Å². The Hall–Kier alpha value is -1.23. The van der Waals surface area contributed by atoms with Crippen molar-refractivity contribution in [1.29, 1.82) is 0 Å². The molecule has 0 radical (unpaired) electrons. The molecule has 5 heteroatoms. The fourth-order valence-corrected chi connectivity index (χ4v) is 1.35. The van der Waals surface area contributed by atoms with E-state index in [0.717, 1.165) is 5.69 Å². The smallest absolute Gasteiger partial charge is 0.388 e. The monoisotopic (exact) mass is 233 g/mol. The van der Waals surface area contributed by atoms with Gasteiger partial charge in [0.1, 0.15) is 0 Å². The number of anilines is 1. The summed E-state index contributed by atoms with van der Waals surface area (Å²) in [5.74, 6) is 0. The molecule has 0 aliphatic heterocycles. The summed E-state index contributed by atoms with van der Waals surface area (Å²) in [5, 5.41) is 9.42. The summed E-state index contributed by atoms with van der Waals surface area (Å²) in [7, 11) is 3.57. The van der Waals surface area contributed by atoms with Crippen LogP contribution in [0.15, 0.2) is 24.3 Å². The molecular weight excluding hydrogens is 219 g/mol. The number of alkyl halides is 3. The molecule has 0 bridgehead atoms. The molecule has 90 valence electrons. The molecule has 16 heavy (non-hydrogen) atoms. The molecule has 1 rings (SSSR count). The van der Waals surface area contributed by atoms with E-state index in [9.17, 15) is 18.3 Å². The molecule has 1 atom stereocenters. The molecule has 0 fully saturated rings. The lowest BCUT2D eigenvalue weighted by molar-refractivity contribution is -0.154. The predicted octanol–water partition coefficient (Wildman–Crippen LogP) is 2.74. The lowest BCUT2D eigenvalue weighted by atomic mass is 10.1. The normalized spacial score (nSPS) is 13.6. The summed E-state index contributed by atoms with van der Waals surface area (Å²) in [6, 6.07) is 6.44. The minimum atomic E-state index is -4.35. The second-order valence-corrected chi connectivity index (χ2v) is 3.82. The van der Waals surface area contributed by atoms with Gasteiger partial charge in [0.05, 0.1) is 12.5 Å². The second-order valence-electron chi connectivity index (χ2n) is 3.82. The molecule has 1 aromatic rings. The molecule has 0 saturated carbocycles. The van der Waals surface area contributed by atoms with Crippen LogP contribution in [0.25, 0.3) is 0 Å². The number of halogens is 3. The molecule has 2 nitrogen and oxygen atoms in total. The van der Waals surface area contributed by atoms with Crippen LogP contribution in [0.4, 0.5) is 18.9 Å². The van der Waals surface area contributed by atoms with E-state index in [-0.39, 0.29) is 5.56 Å². The highest BCUT2D eigenvalue weighted by Gasteiger charge is 2.31. The quantitative estimate of drug-likeness (QED) is 0.867. The van der Waals surface area contributed by atoms with Gasteiger partial charge in [0.2, 0.25) is 0 Å². The molecule has 0 aliphatic carbocycles. The van der Waals surface area contributed by atoms with E-state index < -0.39 is 18.7 Å². The van der Waals surface area contributed by atoms with Crippen LogP contribution in [0.3, 0.4) is 0 Å². The van der Waals surface area contributed by atoms with Crippen molar-refractivity contribution in [3.63, 3.8) is 0 Å². The van der Waals surface area contributed by atoms with Crippen molar-refractivity contribution in [3.05, 3.63) is 29.8 Å². The highest BCUT2D eigenvalue weighted by atomic mass is 19.4. The van der Waals surface area contributed by atoms with Gasteiger partial charge in [-0.25, -0.2) is 0 Å². The molecule has 1 aromatic carbocycles. The first-order chi connectivity index (χ1) is 7.29. The van der Waals surface area contributed by atoms with Crippen LogP contribution in [0.5, 0.6) is 0 Å². The fraction of sp³-hybridized carbons (Fsp3) is 0.455. The molecule has 1 N–H and O–H groups in total. The predicted molar refractivity (Wildman–Crippen MR) is 56.4 cm³/mol. The summed E-state index contributed by atoms with van der Waals surface area (Å²) in [6.07, 6.45) is -7.07. The topological polar surface area (TPSA) is 23.5 Å². The number of benzene rings is 1. The van der Waals surface area contributed by atoms with Gasteiger partial charge in [-0.2, -0.15) is 13.2 Å². The zero-order chi connectivity index (χ0) is 12.3. The number of nitrogens with zero attached hydrogens (tertiary/aromatic N) is 1. The average Bonchev–Trinajstić information content (AvgIpc) is 2.15. The molecular formula is C11H14F3NO. The first-order valence-corrected chi connectivity index (χ1v) is 4.82. The van der Waals surface area contributed by atoms with E-state index >= 15 is 0 Å². The van der Waals surface area contributed by atoms with Crippen molar-refractivity contribution in [2.75, 3.05) is 19.0 Å². The minimum absolute atomic E-state index is 0.281. The third kappa shape index (κ3) is 3.73. The Morgan fingerprint density at radius 2 is 1.94 bits per heavy atom. The molecule has 0 spiro atoms. The van der Waals surface area contributed by atoms with Gasteiger partial charge in [-0.15, -0.1) is 0 Å². The third-order valence-electron chi connectivity index (χ3n) is 2.20. The van der Waals surface area contributed by atoms with Crippen LogP contribution in [-0.4, -0.2) is 25.4 Å². The Morgan fingerprint density at radius 3 is 2.44 bits per heavy atom. The Balaban J connectivity index is 2.83. The van der Waals surface area contributed by atoms with Crippen LogP contribution in [0, 0.1) is 0 Å². The number of rotatable bonds is 3.